The lowest BCUT2D eigenvalue weighted by atomic mass is 9.71. The Bertz CT molecular complexity index is 523. The minimum atomic E-state index is -0.0120. The molecule has 3 rings (SSSR count). The molecule has 0 aliphatic carbocycles. The molecule has 0 bridgehead atoms. The van der Waals surface area contributed by atoms with Crippen LogP contribution in [0.1, 0.15) is 25.3 Å². The van der Waals surface area contributed by atoms with Gasteiger partial charge < -0.3 is 15.3 Å². The van der Waals surface area contributed by atoms with Crippen LogP contribution < -0.4 is 5.32 Å². The van der Waals surface area contributed by atoms with Gasteiger partial charge in [0.15, 0.2) is 0 Å². The van der Waals surface area contributed by atoms with E-state index < -0.39 is 0 Å². The highest BCUT2D eigenvalue weighted by Gasteiger charge is 2.42. The molecule has 1 aromatic carbocycles. The molecule has 0 saturated carbocycles. The van der Waals surface area contributed by atoms with Crippen molar-refractivity contribution in [3.63, 3.8) is 0 Å². The molecule has 2 heterocycles. The number of hydrogen-bond acceptors (Lipinski definition) is 3. The van der Waals surface area contributed by atoms with Crippen LogP contribution in [0.25, 0.3) is 0 Å². The second kappa shape index (κ2) is 4.57. The van der Waals surface area contributed by atoms with E-state index in [-0.39, 0.29) is 5.41 Å². The highest BCUT2D eigenvalue weighted by atomic mass is 16.3. The maximum absolute atomic E-state index is 10.3. The molecule has 1 unspecified atom stereocenters. The molecule has 0 fully saturated rings. The van der Waals surface area contributed by atoms with Gasteiger partial charge >= 0.3 is 0 Å². The van der Waals surface area contributed by atoms with Crippen molar-refractivity contribution in [1.29, 1.82) is 0 Å². The molecule has 1 atom stereocenters. The van der Waals surface area contributed by atoms with Gasteiger partial charge in [-0.2, -0.15) is 0 Å². The average molecular weight is 258 g/mol. The number of nitrogens with zero attached hydrogens (tertiary/aromatic N) is 1. The molecule has 19 heavy (non-hydrogen) atoms. The van der Waals surface area contributed by atoms with Crippen molar-refractivity contribution in [1.82, 2.24) is 4.90 Å². The summed E-state index contributed by atoms with van der Waals surface area (Å²) in [5.74, 6) is 0.434. The Kier molecular flexibility index (Phi) is 3.02. The van der Waals surface area contributed by atoms with Gasteiger partial charge in [-0.1, -0.05) is 24.6 Å². The Hall–Kier alpha value is -1.48. The maximum Gasteiger partial charge on any atom is 0.121 e. The molecule has 3 heteroatoms. The number of hydrogen-bond donors (Lipinski definition) is 2. The SMILES string of the molecule is CCC1(C2=CCN(C)CC2)CNc2cccc(O)c21. The van der Waals surface area contributed by atoms with E-state index in [1.807, 2.05) is 12.1 Å². The van der Waals surface area contributed by atoms with E-state index in [0.717, 1.165) is 43.7 Å². The third kappa shape index (κ3) is 1.84. The van der Waals surface area contributed by atoms with Gasteiger partial charge in [-0.15, -0.1) is 0 Å². The summed E-state index contributed by atoms with van der Waals surface area (Å²) >= 11 is 0. The summed E-state index contributed by atoms with van der Waals surface area (Å²) in [6.45, 7) is 5.25. The summed E-state index contributed by atoms with van der Waals surface area (Å²) < 4.78 is 0. The first-order valence-electron chi connectivity index (χ1n) is 7.12. The first-order chi connectivity index (χ1) is 9.17. The maximum atomic E-state index is 10.3. The topological polar surface area (TPSA) is 35.5 Å². The van der Waals surface area contributed by atoms with Crippen molar-refractivity contribution in [3.05, 3.63) is 35.4 Å². The predicted octanol–water partition coefficient (Wildman–Crippen LogP) is 2.73. The van der Waals surface area contributed by atoms with E-state index in [9.17, 15) is 5.11 Å². The molecule has 1 aromatic rings. The van der Waals surface area contributed by atoms with Gasteiger partial charge in [0, 0.05) is 36.3 Å². The Balaban J connectivity index is 2.08. The number of benzene rings is 1. The molecule has 3 nitrogen and oxygen atoms in total. The monoisotopic (exact) mass is 258 g/mol. The fourth-order valence-corrected chi connectivity index (χ4v) is 3.53. The Morgan fingerprint density at radius 1 is 1.42 bits per heavy atom. The van der Waals surface area contributed by atoms with Crippen molar-refractivity contribution in [2.45, 2.75) is 25.2 Å². The first kappa shape index (κ1) is 12.5. The second-order valence-corrected chi connectivity index (χ2v) is 5.73. The standard InChI is InChI=1S/C16H22N2O/c1-3-16(12-7-9-18(2)10-8-12)11-17-13-5-4-6-14(19)15(13)16/h4-7,17,19H,3,8-11H2,1-2H3. The summed E-state index contributed by atoms with van der Waals surface area (Å²) in [7, 11) is 2.16. The second-order valence-electron chi connectivity index (χ2n) is 5.73. The number of aromatic hydroxyl groups is 1. The van der Waals surface area contributed by atoms with Crippen molar-refractivity contribution in [2.24, 2.45) is 0 Å². The normalized spacial score (nSPS) is 26.7. The van der Waals surface area contributed by atoms with Crippen LogP contribution in [-0.2, 0) is 5.41 Å². The number of phenolic OH excluding ortho intramolecular Hbond substituents is 1. The van der Waals surface area contributed by atoms with Crippen LogP contribution in [-0.4, -0.2) is 36.7 Å². The molecule has 0 spiro atoms. The van der Waals surface area contributed by atoms with Gasteiger partial charge in [0.25, 0.3) is 0 Å². The lowest BCUT2D eigenvalue weighted by Gasteiger charge is -2.35. The minimum absolute atomic E-state index is 0.0120. The van der Waals surface area contributed by atoms with Crippen LogP contribution in [0.15, 0.2) is 29.8 Å². The predicted molar refractivity (Wildman–Crippen MR) is 78.8 cm³/mol. The molecular formula is C16H22N2O. The molecule has 2 aliphatic rings. The van der Waals surface area contributed by atoms with Crippen LogP contribution in [0.2, 0.25) is 0 Å². The zero-order valence-corrected chi connectivity index (χ0v) is 11.7. The summed E-state index contributed by atoms with van der Waals surface area (Å²) in [4.78, 5) is 2.33. The van der Waals surface area contributed by atoms with E-state index in [1.54, 1.807) is 0 Å². The van der Waals surface area contributed by atoms with Crippen LogP contribution in [0, 0.1) is 0 Å². The quantitative estimate of drug-likeness (QED) is 0.801. The fraction of sp³-hybridized carbons (Fsp3) is 0.500. The van der Waals surface area contributed by atoms with Crippen LogP contribution in [0.3, 0.4) is 0 Å². The van der Waals surface area contributed by atoms with Gasteiger partial charge in [-0.05, 0) is 32.0 Å². The highest BCUT2D eigenvalue weighted by Crippen LogP contribution is 2.49. The number of rotatable bonds is 2. The third-order valence-corrected chi connectivity index (χ3v) is 4.73. The minimum Gasteiger partial charge on any atom is -0.508 e. The lowest BCUT2D eigenvalue weighted by molar-refractivity contribution is 0.337. The molecule has 0 saturated heterocycles. The van der Waals surface area contributed by atoms with Gasteiger partial charge in [0.05, 0.1) is 0 Å². The number of nitrogens with one attached hydrogen (secondary N) is 1. The van der Waals surface area contributed by atoms with Crippen LogP contribution in [0.5, 0.6) is 5.75 Å². The lowest BCUT2D eigenvalue weighted by Crippen LogP contribution is -2.35. The third-order valence-electron chi connectivity index (χ3n) is 4.73. The number of phenols is 1. The summed E-state index contributed by atoms with van der Waals surface area (Å²) in [6.07, 6.45) is 4.48. The molecule has 2 aliphatic heterocycles. The largest absolute Gasteiger partial charge is 0.508 e. The van der Waals surface area contributed by atoms with Crippen molar-refractivity contribution < 1.29 is 5.11 Å². The zero-order chi connectivity index (χ0) is 13.5. The van der Waals surface area contributed by atoms with E-state index in [4.69, 9.17) is 0 Å². The van der Waals surface area contributed by atoms with Crippen molar-refractivity contribution in [2.75, 3.05) is 32.0 Å². The van der Waals surface area contributed by atoms with E-state index in [0.29, 0.717) is 5.75 Å². The van der Waals surface area contributed by atoms with E-state index >= 15 is 0 Å². The molecule has 102 valence electrons. The van der Waals surface area contributed by atoms with Crippen molar-refractivity contribution in [3.8, 4) is 5.75 Å². The number of fused-ring (bicyclic) bond motifs is 1. The van der Waals surface area contributed by atoms with Gasteiger partial charge in [0.1, 0.15) is 5.75 Å². The van der Waals surface area contributed by atoms with E-state index in [1.165, 1.54) is 5.57 Å². The molecule has 0 aromatic heterocycles. The Morgan fingerprint density at radius 3 is 2.95 bits per heavy atom. The van der Waals surface area contributed by atoms with E-state index in [2.05, 4.69) is 36.3 Å². The zero-order valence-electron chi connectivity index (χ0n) is 11.7. The van der Waals surface area contributed by atoms with Gasteiger partial charge in [-0.3, -0.25) is 0 Å². The Labute approximate surface area is 114 Å². The number of anilines is 1. The highest BCUT2D eigenvalue weighted by molar-refractivity contribution is 5.68. The average Bonchev–Trinajstić information content (AvgIpc) is 2.81. The molecule has 2 N–H and O–H groups in total. The molecule has 0 radical (unpaired) electrons. The smallest absolute Gasteiger partial charge is 0.121 e. The Morgan fingerprint density at radius 2 is 2.26 bits per heavy atom. The molecular weight excluding hydrogens is 236 g/mol. The fourth-order valence-electron chi connectivity index (χ4n) is 3.53. The number of likely N-dealkylation sites (N-methyl/N-ethyl adjacent to an activating group) is 1. The summed E-state index contributed by atoms with van der Waals surface area (Å²) in [5.41, 5.74) is 3.68. The first-order valence-corrected chi connectivity index (χ1v) is 7.12. The van der Waals surface area contributed by atoms with Gasteiger partial charge in [0.2, 0.25) is 0 Å². The summed E-state index contributed by atoms with van der Waals surface area (Å²) in [6, 6.07) is 5.80. The van der Waals surface area contributed by atoms with Crippen LogP contribution in [0.4, 0.5) is 5.69 Å². The van der Waals surface area contributed by atoms with Gasteiger partial charge in [-0.25, -0.2) is 0 Å². The van der Waals surface area contributed by atoms with Crippen LogP contribution >= 0.6 is 0 Å². The molecule has 0 amide bonds. The summed E-state index contributed by atoms with van der Waals surface area (Å²) in [5, 5.41) is 13.8. The van der Waals surface area contributed by atoms with Crippen molar-refractivity contribution >= 4 is 5.69 Å².